The fraction of sp³-hybridized carbons (Fsp3) is 0.333. The fourth-order valence-corrected chi connectivity index (χ4v) is 3.12. The van der Waals surface area contributed by atoms with Gasteiger partial charge in [-0.15, -0.1) is 0 Å². The van der Waals surface area contributed by atoms with Gasteiger partial charge in [-0.3, -0.25) is 0 Å². The lowest BCUT2D eigenvalue weighted by atomic mass is 10.1. The van der Waals surface area contributed by atoms with E-state index in [2.05, 4.69) is 40.8 Å². The van der Waals surface area contributed by atoms with Crippen molar-refractivity contribution in [3.63, 3.8) is 0 Å². The van der Waals surface area contributed by atoms with Crippen LogP contribution in [0.5, 0.6) is 5.75 Å². The molecule has 1 aromatic heterocycles. The highest BCUT2D eigenvalue weighted by atomic mass is 16.5. The van der Waals surface area contributed by atoms with E-state index in [0.717, 1.165) is 30.1 Å². The van der Waals surface area contributed by atoms with Crippen molar-refractivity contribution in [2.24, 2.45) is 5.92 Å². The molecule has 3 heteroatoms. The van der Waals surface area contributed by atoms with Crippen LogP contribution in [0, 0.1) is 5.92 Å². The number of H-pyrrole nitrogens is 1. The van der Waals surface area contributed by atoms with Crippen LogP contribution < -0.4 is 10.1 Å². The van der Waals surface area contributed by atoms with Crippen LogP contribution in [0.1, 0.15) is 24.0 Å². The van der Waals surface area contributed by atoms with Gasteiger partial charge in [0.25, 0.3) is 0 Å². The fourth-order valence-electron chi connectivity index (χ4n) is 3.12. The maximum absolute atomic E-state index is 6.12. The highest BCUT2D eigenvalue weighted by Gasteiger charge is 2.20. The van der Waals surface area contributed by atoms with E-state index in [4.69, 9.17) is 4.74 Å². The summed E-state index contributed by atoms with van der Waals surface area (Å²) in [6.07, 6.45) is 5.95. The van der Waals surface area contributed by atoms with Gasteiger partial charge in [0.05, 0.1) is 0 Å². The average Bonchev–Trinajstić information content (AvgIpc) is 3.36. The Bertz CT molecular complexity index is 790. The van der Waals surface area contributed by atoms with Crippen LogP contribution in [0.25, 0.3) is 10.9 Å². The summed E-state index contributed by atoms with van der Waals surface area (Å²) in [5.74, 6) is 1.90. The van der Waals surface area contributed by atoms with E-state index in [1.54, 1.807) is 0 Å². The Morgan fingerprint density at radius 1 is 1.04 bits per heavy atom. The van der Waals surface area contributed by atoms with Gasteiger partial charge in [-0.05, 0) is 61.5 Å². The molecule has 3 aromatic rings. The third kappa shape index (κ3) is 3.62. The van der Waals surface area contributed by atoms with Gasteiger partial charge in [-0.2, -0.15) is 0 Å². The smallest absolute Gasteiger partial charge is 0.129 e. The number of aromatic amines is 1. The van der Waals surface area contributed by atoms with Crippen molar-refractivity contribution in [3.8, 4) is 5.75 Å². The minimum Gasteiger partial charge on any atom is -0.488 e. The summed E-state index contributed by atoms with van der Waals surface area (Å²) in [4.78, 5) is 3.38. The first kappa shape index (κ1) is 15.3. The zero-order valence-corrected chi connectivity index (χ0v) is 13.9. The predicted octanol–water partition coefficient (Wildman–Crippen LogP) is 4.29. The van der Waals surface area contributed by atoms with Crippen molar-refractivity contribution in [2.75, 3.05) is 13.1 Å². The van der Waals surface area contributed by atoms with Gasteiger partial charge in [0, 0.05) is 17.1 Å². The van der Waals surface area contributed by atoms with Gasteiger partial charge >= 0.3 is 0 Å². The second-order valence-corrected chi connectivity index (χ2v) is 6.66. The monoisotopic (exact) mass is 320 g/mol. The molecule has 2 N–H and O–H groups in total. The van der Waals surface area contributed by atoms with E-state index in [0.29, 0.717) is 6.61 Å². The Labute approximate surface area is 143 Å². The SMILES string of the molecule is c1ccc(COc2cccc3[nH]cc(CCNCC4CC4)c23)cc1. The molecule has 2 aromatic carbocycles. The van der Waals surface area contributed by atoms with E-state index >= 15 is 0 Å². The molecule has 0 saturated heterocycles. The van der Waals surface area contributed by atoms with Crippen LogP contribution in [-0.2, 0) is 13.0 Å². The van der Waals surface area contributed by atoms with E-state index in [1.807, 2.05) is 24.3 Å². The summed E-state index contributed by atoms with van der Waals surface area (Å²) < 4.78 is 6.12. The molecule has 1 aliphatic carbocycles. The van der Waals surface area contributed by atoms with Crippen molar-refractivity contribution in [1.82, 2.24) is 10.3 Å². The lowest BCUT2D eigenvalue weighted by molar-refractivity contribution is 0.310. The number of hydrogen-bond acceptors (Lipinski definition) is 2. The zero-order valence-electron chi connectivity index (χ0n) is 13.9. The Morgan fingerprint density at radius 3 is 2.75 bits per heavy atom. The number of nitrogens with one attached hydrogen (secondary N) is 2. The molecule has 0 atom stereocenters. The Balaban J connectivity index is 1.46. The van der Waals surface area contributed by atoms with Crippen LogP contribution in [-0.4, -0.2) is 18.1 Å². The largest absolute Gasteiger partial charge is 0.488 e. The first-order chi connectivity index (χ1) is 11.9. The molecular formula is C21H24N2O. The molecule has 3 nitrogen and oxygen atoms in total. The normalized spacial score (nSPS) is 14.2. The number of hydrogen-bond donors (Lipinski definition) is 2. The van der Waals surface area contributed by atoms with E-state index < -0.39 is 0 Å². The van der Waals surface area contributed by atoms with Gasteiger partial charge in [-0.1, -0.05) is 36.4 Å². The third-order valence-electron chi connectivity index (χ3n) is 4.69. The maximum atomic E-state index is 6.12. The second-order valence-electron chi connectivity index (χ2n) is 6.66. The summed E-state index contributed by atoms with van der Waals surface area (Å²) >= 11 is 0. The zero-order chi connectivity index (χ0) is 16.2. The Hall–Kier alpha value is -2.26. The summed E-state index contributed by atoms with van der Waals surface area (Å²) in [6.45, 7) is 2.79. The summed E-state index contributed by atoms with van der Waals surface area (Å²) in [7, 11) is 0. The van der Waals surface area contributed by atoms with Crippen molar-refractivity contribution in [1.29, 1.82) is 0 Å². The van der Waals surface area contributed by atoms with Crippen LogP contribution in [0.4, 0.5) is 0 Å². The van der Waals surface area contributed by atoms with E-state index in [1.165, 1.54) is 35.9 Å². The molecule has 1 heterocycles. The molecule has 1 aliphatic rings. The van der Waals surface area contributed by atoms with Crippen molar-refractivity contribution in [2.45, 2.75) is 25.9 Å². The molecule has 0 unspecified atom stereocenters. The van der Waals surface area contributed by atoms with Crippen LogP contribution >= 0.6 is 0 Å². The standard InChI is InChI=1S/C21H24N2O/c1-2-5-17(6-3-1)15-24-20-8-4-7-19-21(20)18(14-23-19)11-12-22-13-16-9-10-16/h1-8,14,16,22-23H,9-13,15H2. The van der Waals surface area contributed by atoms with Gasteiger partial charge < -0.3 is 15.0 Å². The molecule has 0 radical (unpaired) electrons. The molecule has 124 valence electrons. The molecular weight excluding hydrogens is 296 g/mol. The molecule has 1 fully saturated rings. The van der Waals surface area contributed by atoms with Gasteiger partial charge in [0.2, 0.25) is 0 Å². The molecule has 4 rings (SSSR count). The quantitative estimate of drug-likeness (QED) is 0.608. The minimum absolute atomic E-state index is 0.602. The second kappa shape index (κ2) is 7.10. The predicted molar refractivity (Wildman–Crippen MR) is 98.4 cm³/mol. The van der Waals surface area contributed by atoms with E-state index in [9.17, 15) is 0 Å². The summed E-state index contributed by atoms with van der Waals surface area (Å²) in [5, 5.41) is 4.80. The molecule has 24 heavy (non-hydrogen) atoms. The molecule has 1 saturated carbocycles. The van der Waals surface area contributed by atoms with Crippen LogP contribution in [0.3, 0.4) is 0 Å². The Kier molecular flexibility index (Phi) is 4.52. The Morgan fingerprint density at radius 2 is 1.92 bits per heavy atom. The number of ether oxygens (including phenoxy) is 1. The first-order valence-electron chi connectivity index (χ1n) is 8.86. The number of benzene rings is 2. The van der Waals surface area contributed by atoms with Gasteiger partial charge in [0.1, 0.15) is 12.4 Å². The van der Waals surface area contributed by atoms with Gasteiger partial charge in [0.15, 0.2) is 0 Å². The highest BCUT2D eigenvalue weighted by molar-refractivity contribution is 5.89. The maximum Gasteiger partial charge on any atom is 0.129 e. The lowest BCUT2D eigenvalue weighted by Crippen LogP contribution is -2.19. The minimum atomic E-state index is 0.602. The van der Waals surface area contributed by atoms with Gasteiger partial charge in [-0.25, -0.2) is 0 Å². The number of rotatable bonds is 8. The average molecular weight is 320 g/mol. The van der Waals surface area contributed by atoms with Crippen molar-refractivity contribution in [3.05, 3.63) is 65.9 Å². The summed E-state index contributed by atoms with van der Waals surface area (Å²) in [6, 6.07) is 16.6. The topological polar surface area (TPSA) is 37.0 Å². The third-order valence-corrected chi connectivity index (χ3v) is 4.69. The van der Waals surface area contributed by atoms with Crippen molar-refractivity contribution >= 4 is 10.9 Å². The summed E-state index contributed by atoms with van der Waals surface area (Å²) in [5.41, 5.74) is 3.67. The van der Waals surface area contributed by atoms with Crippen LogP contribution in [0.15, 0.2) is 54.7 Å². The highest BCUT2D eigenvalue weighted by Crippen LogP contribution is 2.30. The lowest BCUT2D eigenvalue weighted by Gasteiger charge is -2.10. The van der Waals surface area contributed by atoms with E-state index in [-0.39, 0.29) is 0 Å². The molecule has 0 bridgehead atoms. The number of aromatic nitrogens is 1. The van der Waals surface area contributed by atoms with Crippen LogP contribution in [0.2, 0.25) is 0 Å². The molecule has 0 aliphatic heterocycles. The van der Waals surface area contributed by atoms with Crippen molar-refractivity contribution < 1.29 is 4.74 Å². The number of fused-ring (bicyclic) bond motifs is 1. The molecule has 0 amide bonds. The first-order valence-corrected chi connectivity index (χ1v) is 8.86. The molecule has 0 spiro atoms.